The first-order valence-corrected chi connectivity index (χ1v) is 7.43. The number of aromatic nitrogens is 2. The van der Waals surface area contributed by atoms with Gasteiger partial charge in [-0.25, -0.2) is 8.78 Å². The first kappa shape index (κ1) is 16.5. The first-order valence-electron chi connectivity index (χ1n) is 7.43. The van der Waals surface area contributed by atoms with Crippen molar-refractivity contribution < 1.29 is 13.6 Å². The van der Waals surface area contributed by atoms with Gasteiger partial charge in [-0.2, -0.15) is 0 Å². The number of anilines is 3. The second kappa shape index (κ2) is 7.04. The maximum atomic E-state index is 13.2. The summed E-state index contributed by atoms with van der Waals surface area (Å²) in [5, 5.41) is 10.6. The minimum absolute atomic E-state index is 0.169. The zero-order valence-electron chi connectivity index (χ0n) is 13.3. The topological polar surface area (TPSA) is 58.1 Å². The molecule has 5 nitrogen and oxygen atoms in total. The van der Waals surface area contributed by atoms with Crippen LogP contribution in [0.4, 0.5) is 26.0 Å². The molecule has 0 aliphatic heterocycles. The Morgan fingerprint density at radius 2 is 1.72 bits per heavy atom. The Morgan fingerprint density at radius 3 is 2.36 bits per heavy atom. The molecule has 0 unspecified atom stereocenters. The molecule has 1 N–H and O–H groups in total. The molecule has 0 aliphatic carbocycles. The number of carbonyl (C=O) groups excluding carboxylic acids is 1. The van der Waals surface area contributed by atoms with Crippen LogP contribution in [0.5, 0.6) is 0 Å². The second-order valence-electron chi connectivity index (χ2n) is 5.26. The van der Waals surface area contributed by atoms with Gasteiger partial charge in [0.05, 0.1) is 0 Å². The van der Waals surface area contributed by atoms with Gasteiger partial charge in [0.25, 0.3) is 5.91 Å². The normalized spacial score (nSPS) is 10.4. The molecular formula is C18H14F2N4O. The van der Waals surface area contributed by atoms with Crippen LogP contribution in [0.3, 0.4) is 0 Å². The van der Waals surface area contributed by atoms with Gasteiger partial charge in [0, 0.05) is 24.5 Å². The van der Waals surface area contributed by atoms with Gasteiger partial charge in [-0.3, -0.25) is 4.79 Å². The quantitative estimate of drug-likeness (QED) is 0.785. The first-order chi connectivity index (χ1) is 12.0. The Balaban J connectivity index is 1.73. The van der Waals surface area contributed by atoms with E-state index in [-0.39, 0.29) is 11.6 Å². The Kier molecular flexibility index (Phi) is 4.65. The minimum Gasteiger partial charge on any atom is -0.339 e. The molecule has 7 heteroatoms. The van der Waals surface area contributed by atoms with E-state index >= 15 is 0 Å². The van der Waals surface area contributed by atoms with Crippen LogP contribution in [0.1, 0.15) is 10.5 Å². The molecule has 0 saturated heterocycles. The summed E-state index contributed by atoms with van der Waals surface area (Å²) in [6.45, 7) is 0. The molecule has 1 heterocycles. The fraction of sp³-hybridized carbons (Fsp3) is 0.0556. The van der Waals surface area contributed by atoms with E-state index in [0.29, 0.717) is 11.5 Å². The number of rotatable bonds is 4. The van der Waals surface area contributed by atoms with E-state index in [9.17, 15) is 13.6 Å². The lowest BCUT2D eigenvalue weighted by molar-refractivity contribution is 0.0987. The molecule has 0 bridgehead atoms. The number of nitrogens with one attached hydrogen (secondary N) is 1. The predicted octanol–water partition coefficient (Wildman–Crippen LogP) is 3.78. The molecule has 0 fully saturated rings. The van der Waals surface area contributed by atoms with Gasteiger partial charge in [0.15, 0.2) is 23.1 Å². The summed E-state index contributed by atoms with van der Waals surface area (Å²) < 4.78 is 26.1. The molecule has 25 heavy (non-hydrogen) atoms. The van der Waals surface area contributed by atoms with Crippen molar-refractivity contribution >= 4 is 23.1 Å². The van der Waals surface area contributed by atoms with Crippen molar-refractivity contribution in [2.45, 2.75) is 0 Å². The molecule has 0 saturated carbocycles. The third-order valence-corrected chi connectivity index (χ3v) is 3.52. The number of halogens is 2. The number of amides is 1. The molecule has 0 aliphatic rings. The van der Waals surface area contributed by atoms with Crippen molar-refractivity contribution in [1.29, 1.82) is 0 Å². The van der Waals surface area contributed by atoms with Gasteiger partial charge in [0.1, 0.15) is 0 Å². The molecule has 1 amide bonds. The van der Waals surface area contributed by atoms with E-state index in [1.807, 2.05) is 30.3 Å². The smallest absolute Gasteiger partial charge is 0.278 e. The van der Waals surface area contributed by atoms with Crippen LogP contribution in [-0.4, -0.2) is 23.2 Å². The van der Waals surface area contributed by atoms with Crippen molar-refractivity contribution in [3.05, 3.63) is 78.0 Å². The largest absolute Gasteiger partial charge is 0.339 e. The highest BCUT2D eigenvalue weighted by Crippen LogP contribution is 2.18. The van der Waals surface area contributed by atoms with E-state index in [2.05, 4.69) is 15.5 Å². The Bertz CT molecular complexity index is 885. The van der Waals surface area contributed by atoms with Crippen molar-refractivity contribution in [2.24, 2.45) is 0 Å². The SMILES string of the molecule is CN(C(=O)c1ccc(Nc2ccc(F)c(F)c2)nn1)c1ccccc1. The molecular weight excluding hydrogens is 326 g/mol. The molecule has 0 spiro atoms. The number of nitrogens with zero attached hydrogens (tertiary/aromatic N) is 3. The average molecular weight is 340 g/mol. The lowest BCUT2D eigenvalue weighted by atomic mass is 10.2. The summed E-state index contributed by atoms with van der Waals surface area (Å²) in [5.74, 6) is -1.89. The van der Waals surface area contributed by atoms with E-state index < -0.39 is 11.6 Å². The third kappa shape index (κ3) is 3.77. The number of hydrogen-bond donors (Lipinski definition) is 1. The number of para-hydroxylation sites is 1. The summed E-state index contributed by atoms with van der Waals surface area (Å²) in [4.78, 5) is 13.9. The van der Waals surface area contributed by atoms with Crippen molar-refractivity contribution in [1.82, 2.24) is 10.2 Å². The third-order valence-electron chi connectivity index (χ3n) is 3.52. The van der Waals surface area contributed by atoms with Gasteiger partial charge in [-0.15, -0.1) is 10.2 Å². The summed E-state index contributed by atoms with van der Waals surface area (Å²) in [7, 11) is 1.65. The molecule has 1 aromatic heterocycles. The number of benzene rings is 2. The molecule has 3 rings (SSSR count). The highest BCUT2D eigenvalue weighted by atomic mass is 19.2. The molecule has 126 valence electrons. The van der Waals surface area contributed by atoms with Crippen LogP contribution in [0, 0.1) is 11.6 Å². The van der Waals surface area contributed by atoms with Crippen molar-refractivity contribution in [2.75, 3.05) is 17.3 Å². The molecule has 0 atom stereocenters. The monoisotopic (exact) mass is 340 g/mol. The zero-order valence-corrected chi connectivity index (χ0v) is 13.3. The summed E-state index contributed by atoms with van der Waals surface area (Å²) in [6, 6.07) is 15.6. The van der Waals surface area contributed by atoms with Crippen LogP contribution in [0.2, 0.25) is 0 Å². The maximum absolute atomic E-state index is 13.2. The van der Waals surface area contributed by atoms with Gasteiger partial charge in [-0.05, 0) is 36.4 Å². The molecule has 2 aromatic carbocycles. The predicted molar refractivity (Wildman–Crippen MR) is 90.8 cm³/mol. The van der Waals surface area contributed by atoms with E-state index in [0.717, 1.165) is 17.8 Å². The summed E-state index contributed by atoms with van der Waals surface area (Å²) in [6.07, 6.45) is 0. The summed E-state index contributed by atoms with van der Waals surface area (Å²) >= 11 is 0. The van der Waals surface area contributed by atoms with Crippen LogP contribution < -0.4 is 10.2 Å². The van der Waals surface area contributed by atoms with Crippen LogP contribution in [0.15, 0.2) is 60.7 Å². The Labute approximate surface area is 142 Å². The Hall–Kier alpha value is -3.35. The van der Waals surface area contributed by atoms with Crippen molar-refractivity contribution in [3.8, 4) is 0 Å². The average Bonchev–Trinajstić information content (AvgIpc) is 2.65. The van der Waals surface area contributed by atoms with Crippen molar-refractivity contribution in [3.63, 3.8) is 0 Å². The highest BCUT2D eigenvalue weighted by molar-refractivity contribution is 6.04. The highest BCUT2D eigenvalue weighted by Gasteiger charge is 2.15. The fourth-order valence-electron chi connectivity index (χ4n) is 2.18. The lowest BCUT2D eigenvalue weighted by Crippen LogP contribution is -2.27. The molecule has 3 aromatic rings. The minimum atomic E-state index is -0.964. The van der Waals surface area contributed by atoms with E-state index in [1.54, 1.807) is 13.1 Å². The van der Waals surface area contributed by atoms with Gasteiger partial charge in [-0.1, -0.05) is 18.2 Å². The standard InChI is InChI=1S/C18H14F2N4O/c1-24(13-5-3-2-4-6-13)18(25)16-9-10-17(23-22-16)21-12-7-8-14(19)15(20)11-12/h2-11H,1H3,(H,21,23). The number of carbonyl (C=O) groups is 1. The second-order valence-corrected chi connectivity index (χ2v) is 5.26. The van der Waals surface area contributed by atoms with E-state index in [1.165, 1.54) is 17.0 Å². The zero-order chi connectivity index (χ0) is 17.8. The fourth-order valence-corrected chi connectivity index (χ4v) is 2.18. The van der Waals surface area contributed by atoms with Gasteiger partial charge in [0.2, 0.25) is 0 Å². The van der Waals surface area contributed by atoms with Gasteiger partial charge >= 0.3 is 0 Å². The van der Waals surface area contributed by atoms with Crippen LogP contribution in [-0.2, 0) is 0 Å². The van der Waals surface area contributed by atoms with Gasteiger partial charge < -0.3 is 10.2 Å². The van der Waals surface area contributed by atoms with Crippen LogP contribution in [0.25, 0.3) is 0 Å². The maximum Gasteiger partial charge on any atom is 0.278 e. The van der Waals surface area contributed by atoms with Crippen LogP contribution >= 0.6 is 0 Å². The lowest BCUT2D eigenvalue weighted by Gasteiger charge is -2.16. The Morgan fingerprint density at radius 1 is 0.960 bits per heavy atom. The number of hydrogen-bond acceptors (Lipinski definition) is 4. The van der Waals surface area contributed by atoms with E-state index in [4.69, 9.17) is 0 Å². The summed E-state index contributed by atoms with van der Waals surface area (Å²) in [5.41, 5.74) is 1.23. The molecule has 0 radical (unpaired) electrons.